The third kappa shape index (κ3) is 8.29. The van der Waals surface area contributed by atoms with E-state index in [0.717, 1.165) is 12.8 Å². The number of nitrogens with one attached hydrogen (secondary N) is 2. The molecule has 1 aliphatic rings. The van der Waals surface area contributed by atoms with Gasteiger partial charge in [-0.25, -0.2) is 15.0 Å². The molecule has 2 aromatic rings. The fraction of sp³-hybridized carbons (Fsp3) is 0.821. The molecule has 3 rings (SSSR count). The molecule has 1 aliphatic heterocycles. The topological polar surface area (TPSA) is 190 Å². The maximum atomic E-state index is 9.51. The Morgan fingerprint density at radius 1 is 1.05 bits per heavy atom. The number of nitrogens with two attached hydrogens (primary N) is 1. The van der Waals surface area contributed by atoms with Crippen molar-refractivity contribution < 1.29 is 18.7 Å². The molecule has 1 fully saturated rings. The predicted octanol–water partition coefficient (Wildman–Crippen LogP) is 5.17. The first-order chi connectivity index (χ1) is 20.4. The highest BCUT2D eigenvalue weighted by molar-refractivity contribution is 6.74. The molecule has 16 heteroatoms. The van der Waals surface area contributed by atoms with Crippen LogP contribution in [0.5, 0.6) is 0 Å². The molecule has 14 nitrogen and oxygen atoms in total. The summed E-state index contributed by atoms with van der Waals surface area (Å²) in [6.45, 7) is 24.2. The van der Waals surface area contributed by atoms with Gasteiger partial charge < -0.3 is 35.1 Å². The van der Waals surface area contributed by atoms with Gasteiger partial charge in [-0.1, -0.05) is 46.7 Å². The van der Waals surface area contributed by atoms with E-state index in [-0.39, 0.29) is 28.6 Å². The molecule has 0 amide bonds. The molecule has 1 saturated heterocycles. The van der Waals surface area contributed by atoms with Crippen molar-refractivity contribution in [2.45, 2.75) is 115 Å². The monoisotopic (exact) mass is 650 g/mol. The summed E-state index contributed by atoms with van der Waals surface area (Å²) in [4.78, 5) is 16.4. The number of fused-ring (bicyclic) bond motifs is 1. The van der Waals surface area contributed by atoms with Gasteiger partial charge in [0.2, 0.25) is 5.95 Å². The van der Waals surface area contributed by atoms with Crippen LogP contribution >= 0.6 is 0 Å². The Morgan fingerprint density at radius 2 is 1.68 bits per heavy atom. The first-order valence-corrected chi connectivity index (χ1v) is 21.3. The minimum Gasteiger partial charge on any atom is -0.408 e. The second-order valence-corrected chi connectivity index (χ2v) is 24.0. The maximum Gasteiger partial charge on any atom is 0.207 e. The zero-order valence-electron chi connectivity index (χ0n) is 28.2. The molecule has 0 saturated carbocycles. The number of ether oxygens (including phenoxy) is 1. The number of aliphatic hydroxyl groups is 1. The highest BCUT2D eigenvalue weighted by Gasteiger charge is 2.54. The zero-order chi connectivity index (χ0) is 32.9. The summed E-state index contributed by atoms with van der Waals surface area (Å²) in [6, 6.07) is 0. The first kappa shape index (κ1) is 36.2. The lowest BCUT2D eigenvalue weighted by Crippen LogP contribution is -2.54. The maximum absolute atomic E-state index is 9.51. The lowest BCUT2D eigenvalue weighted by atomic mass is 10.1. The van der Waals surface area contributed by atoms with Gasteiger partial charge in [0.05, 0.1) is 6.61 Å². The first-order valence-electron chi connectivity index (χ1n) is 15.5. The van der Waals surface area contributed by atoms with Gasteiger partial charge in [0, 0.05) is 31.1 Å². The van der Waals surface area contributed by atoms with Gasteiger partial charge in [-0.15, -0.1) is 0 Å². The third-order valence-electron chi connectivity index (χ3n) is 9.18. The average molecular weight is 651 g/mol. The molecule has 248 valence electrons. The largest absolute Gasteiger partial charge is 0.408 e. The summed E-state index contributed by atoms with van der Waals surface area (Å²) in [5, 5.41) is 19.8. The van der Waals surface area contributed by atoms with Crippen molar-refractivity contribution in [3.8, 4) is 0 Å². The van der Waals surface area contributed by atoms with Gasteiger partial charge in [0.25, 0.3) is 0 Å². The molecular weight excluding hydrogens is 597 g/mol. The average Bonchev–Trinajstić information content (AvgIpc) is 3.43. The number of hydrogen-bond acceptors (Lipinski definition) is 11. The van der Waals surface area contributed by atoms with Gasteiger partial charge in [-0.2, -0.15) is 0 Å². The zero-order valence-corrected chi connectivity index (χ0v) is 30.2. The van der Waals surface area contributed by atoms with Crippen LogP contribution in [0.1, 0.15) is 60.6 Å². The number of nitrogen functional groups attached to an aromatic ring is 1. The minimum absolute atomic E-state index is 0.0178. The fourth-order valence-corrected chi connectivity index (χ4v) is 7.15. The molecule has 5 N–H and O–H groups in total. The lowest BCUT2D eigenvalue weighted by Gasteiger charge is -2.44. The number of aromatic nitrogens is 4. The summed E-state index contributed by atoms with van der Waals surface area (Å²) >= 11 is 0. The number of aliphatic hydroxyl groups excluding tert-OH is 1. The SMILES string of the molecule is CC(C)(C)[Si](C)(C)OC1[C@@H](CNCCO)O[C@@H](n2c(NCCCCN=[N+]=[N-])nc3c(N)ncnc32)[C@H]1O[Si](C)(C)C(C)(C)C. The molecule has 0 bridgehead atoms. The van der Waals surface area contributed by atoms with Crippen molar-refractivity contribution in [1.82, 2.24) is 24.8 Å². The molecule has 2 aromatic heterocycles. The number of hydrogen-bond donors (Lipinski definition) is 4. The van der Waals surface area contributed by atoms with Crippen molar-refractivity contribution in [3.63, 3.8) is 0 Å². The van der Waals surface area contributed by atoms with E-state index >= 15 is 0 Å². The van der Waals surface area contributed by atoms with E-state index in [2.05, 4.69) is 98.4 Å². The lowest BCUT2D eigenvalue weighted by molar-refractivity contribution is -0.0298. The van der Waals surface area contributed by atoms with E-state index in [1.54, 1.807) is 0 Å². The summed E-state index contributed by atoms with van der Waals surface area (Å²) in [5.41, 5.74) is 15.9. The molecule has 3 heterocycles. The molecule has 0 aliphatic carbocycles. The van der Waals surface area contributed by atoms with Gasteiger partial charge in [-0.3, -0.25) is 4.57 Å². The summed E-state index contributed by atoms with van der Waals surface area (Å²) < 4.78 is 23.3. The van der Waals surface area contributed by atoms with Crippen LogP contribution in [0.2, 0.25) is 36.3 Å². The van der Waals surface area contributed by atoms with Crippen LogP contribution in [0, 0.1) is 0 Å². The van der Waals surface area contributed by atoms with E-state index in [1.165, 1.54) is 6.33 Å². The van der Waals surface area contributed by atoms with E-state index < -0.39 is 35.1 Å². The third-order valence-corrected chi connectivity index (χ3v) is 18.1. The van der Waals surface area contributed by atoms with Crippen molar-refractivity contribution in [1.29, 1.82) is 0 Å². The van der Waals surface area contributed by atoms with Crippen LogP contribution in [0.25, 0.3) is 21.6 Å². The van der Waals surface area contributed by atoms with Gasteiger partial charge in [0.15, 0.2) is 39.8 Å². The number of rotatable bonds is 15. The van der Waals surface area contributed by atoms with Gasteiger partial charge >= 0.3 is 0 Å². The number of nitrogens with zero attached hydrogens (tertiary/aromatic N) is 7. The summed E-state index contributed by atoms with van der Waals surface area (Å²) in [6.07, 6.45) is 1.05. The van der Waals surface area contributed by atoms with Crippen molar-refractivity contribution in [3.05, 3.63) is 16.8 Å². The van der Waals surface area contributed by atoms with Crippen molar-refractivity contribution >= 4 is 39.6 Å². The van der Waals surface area contributed by atoms with E-state index in [1.807, 2.05) is 4.57 Å². The Labute approximate surface area is 263 Å². The Balaban J connectivity index is 2.16. The molecule has 4 atom stereocenters. The Hall–Kier alpha value is -2.31. The van der Waals surface area contributed by atoms with Crippen LogP contribution < -0.4 is 16.4 Å². The summed E-state index contributed by atoms with van der Waals surface area (Å²) in [7, 11) is -4.64. The normalized spacial score (nSPS) is 21.5. The molecule has 44 heavy (non-hydrogen) atoms. The second-order valence-electron chi connectivity index (χ2n) is 14.5. The molecule has 0 aromatic carbocycles. The standard InChI is InChI=1S/C28H54N10O4Si2/c1-27(2,3)43(7,8)41-21-19(17-31-15-16-39)40-25(22(21)42-44(9,10)28(4,5)6)38-24-20(23(29)33-18-34-24)36-26(38)32-13-11-12-14-35-37-30/h18-19,21-22,25,31,39H,11-17H2,1-10H3,(H,32,36)(H2,29,33,34)/t19-,21?,22+,25-/m1/s1. The van der Waals surface area contributed by atoms with Gasteiger partial charge in [0.1, 0.15) is 24.6 Å². The minimum atomic E-state index is -2.35. The highest BCUT2D eigenvalue weighted by Crippen LogP contribution is 2.46. The number of imidazole rings is 1. The quantitative estimate of drug-likeness (QED) is 0.0657. The van der Waals surface area contributed by atoms with Crippen molar-refractivity contribution in [2.75, 3.05) is 43.8 Å². The number of unbranched alkanes of at least 4 members (excludes halogenated alkanes) is 1. The van der Waals surface area contributed by atoms with E-state index in [4.69, 9.17) is 29.8 Å². The highest BCUT2D eigenvalue weighted by atomic mass is 28.4. The Morgan fingerprint density at radius 3 is 2.27 bits per heavy atom. The van der Waals surface area contributed by atoms with Crippen molar-refractivity contribution in [2.24, 2.45) is 5.11 Å². The van der Waals surface area contributed by atoms with Crippen LogP contribution in [0.3, 0.4) is 0 Å². The Kier molecular flexibility index (Phi) is 11.8. The molecule has 0 radical (unpaired) electrons. The smallest absolute Gasteiger partial charge is 0.207 e. The summed E-state index contributed by atoms with van der Waals surface area (Å²) in [5.74, 6) is 0.815. The number of azide groups is 1. The second kappa shape index (κ2) is 14.4. The van der Waals surface area contributed by atoms with Crippen LogP contribution in [0.4, 0.5) is 11.8 Å². The predicted molar refractivity (Wildman–Crippen MR) is 179 cm³/mol. The van der Waals surface area contributed by atoms with Gasteiger partial charge in [-0.05, 0) is 54.6 Å². The molecule has 1 unspecified atom stereocenters. The van der Waals surface area contributed by atoms with Crippen LogP contribution in [-0.2, 0) is 13.6 Å². The Bertz CT molecular complexity index is 1290. The molecule has 0 spiro atoms. The number of anilines is 2. The van der Waals surface area contributed by atoms with E-state index in [0.29, 0.717) is 43.3 Å². The fourth-order valence-electron chi connectivity index (χ4n) is 4.55. The molecular formula is C28H54N10O4Si2. The van der Waals surface area contributed by atoms with Crippen LogP contribution in [-0.4, -0.2) is 92.4 Å². The van der Waals surface area contributed by atoms with Crippen LogP contribution in [0.15, 0.2) is 11.4 Å². The van der Waals surface area contributed by atoms with E-state index in [9.17, 15) is 5.11 Å².